The topological polar surface area (TPSA) is 105 Å². The number of nitrogens with two attached hydrogens (primary N) is 2. The number of imidazole rings is 1. The summed E-state index contributed by atoms with van der Waals surface area (Å²) in [5.74, 6) is 7.59. The standard InChI is InChI=1S/C29H28F3N5O2S/c1-18-35-25(19-6-7-19)17-36(18)26-13-10-22(21-4-3-5-24(14-21)40(2)38)15-27(26)37(34)28(16-33)20-8-11-23(12-9-20)39-29(30,31)32/h3-5,8-17,19H,6-7,33-34H2,1-2H3/b28-16-. The van der Waals surface area contributed by atoms with Gasteiger partial charge in [0.15, 0.2) is 4.90 Å². The van der Waals surface area contributed by atoms with Crippen LogP contribution in [0.15, 0.2) is 84.0 Å². The van der Waals surface area contributed by atoms with E-state index in [4.69, 9.17) is 16.6 Å². The van der Waals surface area contributed by atoms with Crippen molar-refractivity contribution in [1.29, 1.82) is 0 Å². The van der Waals surface area contributed by atoms with Crippen molar-refractivity contribution in [3.63, 3.8) is 0 Å². The molecule has 0 amide bonds. The van der Waals surface area contributed by atoms with Gasteiger partial charge in [0.05, 0.1) is 22.8 Å². The highest BCUT2D eigenvalue weighted by Crippen LogP contribution is 2.41. The Labute approximate surface area is 233 Å². The van der Waals surface area contributed by atoms with Crippen molar-refractivity contribution in [3.8, 4) is 22.6 Å². The van der Waals surface area contributed by atoms with Gasteiger partial charge in [0, 0.05) is 29.9 Å². The molecule has 1 unspecified atom stereocenters. The van der Waals surface area contributed by atoms with Gasteiger partial charge in [0.2, 0.25) is 0 Å². The molecule has 1 fully saturated rings. The van der Waals surface area contributed by atoms with Gasteiger partial charge in [-0.1, -0.05) is 18.2 Å². The molecule has 1 heterocycles. The van der Waals surface area contributed by atoms with Crippen LogP contribution < -0.4 is 21.3 Å². The Morgan fingerprint density at radius 3 is 2.42 bits per heavy atom. The fourth-order valence-corrected chi connectivity index (χ4v) is 5.10. The first-order chi connectivity index (χ1) is 19.0. The Balaban J connectivity index is 1.59. The quantitative estimate of drug-likeness (QED) is 0.154. The fourth-order valence-electron chi connectivity index (χ4n) is 4.54. The number of rotatable bonds is 8. The maximum absolute atomic E-state index is 12.7. The van der Waals surface area contributed by atoms with E-state index in [-0.39, 0.29) is 5.75 Å². The van der Waals surface area contributed by atoms with Crippen LogP contribution in [-0.2, 0) is 11.2 Å². The lowest BCUT2D eigenvalue weighted by molar-refractivity contribution is -0.274. The van der Waals surface area contributed by atoms with E-state index in [0.717, 1.165) is 41.2 Å². The molecule has 4 N–H and O–H groups in total. The van der Waals surface area contributed by atoms with Crippen LogP contribution in [0.2, 0.25) is 0 Å². The van der Waals surface area contributed by atoms with Crippen molar-refractivity contribution in [2.24, 2.45) is 11.6 Å². The summed E-state index contributed by atoms with van der Waals surface area (Å²) in [6.07, 6.45) is 2.34. The molecular formula is C29H28F3N5O2S. The zero-order chi connectivity index (χ0) is 28.6. The third-order valence-corrected chi connectivity index (χ3v) is 7.61. The van der Waals surface area contributed by atoms with Crippen LogP contribution in [0, 0.1) is 6.92 Å². The second-order valence-electron chi connectivity index (χ2n) is 9.54. The van der Waals surface area contributed by atoms with E-state index in [9.17, 15) is 17.7 Å². The van der Waals surface area contributed by atoms with Gasteiger partial charge < -0.3 is 19.6 Å². The summed E-state index contributed by atoms with van der Waals surface area (Å²) in [4.78, 5) is 5.44. The molecule has 4 aromatic rings. The number of benzene rings is 3. The van der Waals surface area contributed by atoms with Crippen molar-refractivity contribution >= 4 is 22.6 Å². The summed E-state index contributed by atoms with van der Waals surface area (Å²) in [7, 11) is 0. The number of hydrogen-bond donors (Lipinski definition) is 2. The fraction of sp³-hybridized carbons (Fsp3) is 0.207. The van der Waals surface area contributed by atoms with Gasteiger partial charge in [-0.25, -0.2) is 10.8 Å². The van der Waals surface area contributed by atoms with E-state index in [1.807, 2.05) is 54.1 Å². The van der Waals surface area contributed by atoms with Crippen LogP contribution in [-0.4, -0.2) is 26.7 Å². The molecule has 1 aromatic heterocycles. The Morgan fingerprint density at radius 2 is 1.80 bits per heavy atom. The summed E-state index contributed by atoms with van der Waals surface area (Å²) in [6, 6.07) is 18.5. The van der Waals surface area contributed by atoms with Crippen LogP contribution >= 0.6 is 0 Å². The van der Waals surface area contributed by atoms with Gasteiger partial charge in [-0.3, -0.25) is 5.01 Å². The van der Waals surface area contributed by atoms with Gasteiger partial charge in [0.25, 0.3) is 0 Å². The minimum absolute atomic E-state index is 0.353. The number of hydrogen-bond acceptors (Lipinski definition) is 6. The van der Waals surface area contributed by atoms with Gasteiger partial charge in [-0.05, 0) is 84.5 Å². The molecule has 0 spiro atoms. The van der Waals surface area contributed by atoms with Crippen LogP contribution in [0.4, 0.5) is 18.9 Å². The van der Waals surface area contributed by atoms with Gasteiger partial charge in [-0.15, -0.1) is 13.2 Å². The van der Waals surface area contributed by atoms with E-state index in [2.05, 4.69) is 4.74 Å². The molecule has 11 heteroatoms. The zero-order valence-corrected chi connectivity index (χ0v) is 22.7. The SMILES string of the molecule is Cc1nc(C2CC2)cn1-c1ccc(-c2cccc([S+](C)[O-])c2)cc1N(N)/C(=C\N)c1ccc(OC(F)(F)F)cc1. The van der Waals surface area contributed by atoms with E-state index in [1.54, 1.807) is 12.3 Å². The van der Waals surface area contributed by atoms with Gasteiger partial charge >= 0.3 is 6.36 Å². The lowest BCUT2D eigenvalue weighted by Gasteiger charge is -2.26. The van der Waals surface area contributed by atoms with Crippen LogP contribution in [0.5, 0.6) is 5.75 Å². The van der Waals surface area contributed by atoms with E-state index in [1.165, 1.54) is 35.5 Å². The molecule has 1 atom stereocenters. The molecule has 5 rings (SSSR count). The van der Waals surface area contributed by atoms with Crippen molar-refractivity contribution in [2.75, 3.05) is 11.3 Å². The molecule has 7 nitrogen and oxygen atoms in total. The number of hydrazine groups is 1. The molecule has 0 bridgehead atoms. The van der Waals surface area contributed by atoms with Crippen molar-refractivity contribution in [1.82, 2.24) is 9.55 Å². The molecule has 3 aromatic carbocycles. The average molecular weight is 568 g/mol. The Morgan fingerprint density at radius 1 is 1.10 bits per heavy atom. The molecule has 40 heavy (non-hydrogen) atoms. The molecule has 1 saturated carbocycles. The van der Waals surface area contributed by atoms with E-state index >= 15 is 0 Å². The highest BCUT2D eigenvalue weighted by Gasteiger charge is 2.31. The van der Waals surface area contributed by atoms with E-state index < -0.39 is 17.5 Å². The second-order valence-corrected chi connectivity index (χ2v) is 10.9. The third kappa shape index (κ3) is 5.96. The maximum Gasteiger partial charge on any atom is 0.573 e. The average Bonchev–Trinajstić information content (AvgIpc) is 3.70. The number of anilines is 1. The highest BCUT2D eigenvalue weighted by molar-refractivity contribution is 7.90. The molecule has 0 radical (unpaired) electrons. The molecule has 208 valence electrons. The zero-order valence-electron chi connectivity index (χ0n) is 21.9. The van der Waals surface area contributed by atoms with Crippen LogP contribution in [0.3, 0.4) is 0 Å². The largest absolute Gasteiger partial charge is 0.612 e. The minimum atomic E-state index is -4.80. The Hall–Kier alpha value is -3.93. The highest BCUT2D eigenvalue weighted by atomic mass is 32.2. The predicted molar refractivity (Wildman–Crippen MR) is 150 cm³/mol. The third-order valence-electron chi connectivity index (χ3n) is 6.69. The van der Waals surface area contributed by atoms with Crippen molar-refractivity contribution < 1.29 is 22.5 Å². The molecule has 1 aliphatic rings. The predicted octanol–water partition coefficient (Wildman–Crippen LogP) is 6.00. The Bertz CT molecular complexity index is 1550. The first-order valence-corrected chi connectivity index (χ1v) is 14.1. The first-order valence-electron chi connectivity index (χ1n) is 12.5. The summed E-state index contributed by atoms with van der Waals surface area (Å²) < 4.78 is 56.0. The monoisotopic (exact) mass is 567 g/mol. The van der Waals surface area contributed by atoms with Crippen molar-refractivity contribution in [3.05, 3.63) is 96.2 Å². The van der Waals surface area contributed by atoms with Gasteiger partial charge in [-0.2, -0.15) is 0 Å². The smallest absolute Gasteiger partial charge is 0.573 e. The second kappa shape index (κ2) is 10.9. The number of aryl methyl sites for hydroxylation is 1. The number of ether oxygens (including phenoxy) is 1. The number of aromatic nitrogens is 2. The maximum atomic E-state index is 12.7. The normalized spacial score (nSPS) is 14.7. The number of halogens is 3. The summed E-state index contributed by atoms with van der Waals surface area (Å²) >= 11 is -1.16. The molecule has 0 aliphatic heterocycles. The van der Waals surface area contributed by atoms with E-state index in [0.29, 0.717) is 27.8 Å². The molecular weight excluding hydrogens is 539 g/mol. The summed E-state index contributed by atoms with van der Waals surface area (Å²) in [5.41, 5.74) is 10.9. The summed E-state index contributed by atoms with van der Waals surface area (Å²) in [5, 5.41) is 1.40. The Kier molecular flexibility index (Phi) is 7.54. The van der Waals surface area contributed by atoms with Crippen LogP contribution in [0.1, 0.15) is 35.8 Å². The summed E-state index contributed by atoms with van der Waals surface area (Å²) in [6.45, 7) is 1.92. The lowest BCUT2D eigenvalue weighted by Crippen LogP contribution is -2.31. The molecule has 1 aliphatic carbocycles. The lowest BCUT2D eigenvalue weighted by atomic mass is 10.0. The molecule has 0 saturated heterocycles. The number of nitrogens with zero attached hydrogens (tertiary/aromatic N) is 3. The first kappa shape index (κ1) is 27.6. The van der Waals surface area contributed by atoms with Gasteiger partial charge in [0.1, 0.15) is 17.8 Å². The van der Waals surface area contributed by atoms with Crippen LogP contribution in [0.25, 0.3) is 22.5 Å². The minimum Gasteiger partial charge on any atom is -0.612 e. The van der Waals surface area contributed by atoms with Crippen molar-refractivity contribution in [2.45, 2.75) is 36.9 Å². The number of alkyl halides is 3.